The number of pyridine rings is 1. The Balaban J connectivity index is 2.25. The zero-order valence-electron chi connectivity index (χ0n) is 11.4. The maximum atomic E-state index is 12.2. The Morgan fingerprint density at radius 2 is 2.10 bits per heavy atom. The van der Waals surface area contributed by atoms with Crippen LogP contribution in [-0.2, 0) is 6.54 Å². The number of amides is 1. The number of aryl methyl sites for hydroxylation is 1. The third kappa shape index (κ3) is 3.74. The molecule has 0 spiro atoms. The summed E-state index contributed by atoms with van der Waals surface area (Å²) in [4.78, 5) is 23.9. The molecule has 0 aliphatic carbocycles. The molecule has 0 saturated carbocycles. The van der Waals surface area contributed by atoms with Crippen molar-refractivity contribution in [2.45, 2.75) is 19.9 Å². The Bertz CT molecular complexity index is 728. The molecule has 6 heteroatoms. The molecule has 2 aromatic rings. The van der Waals surface area contributed by atoms with Crippen LogP contribution in [0.3, 0.4) is 0 Å². The average Bonchev–Trinajstić information content (AvgIpc) is 2.45. The molecule has 4 nitrogen and oxygen atoms in total. The summed E-state index contributed by atoms with van der Waals surface area (Å²) in [6.07, 6.45) is 2.48. The number of aromatic nitrogens is 1. The smallest absolute Gasteiger partial charge is 0.257 e. The van der Waals surface area contributed by atoms with Gasteiger partial charge in [-0.1, -0.05) is 24.6 Å². The fourth-order valence-electron chi connectivity index (χ4n) is 1.90. The third-order valence-corrected chi connectivity index (χ3v) is 4.20. The first-order valence-corrected chi connectivity index (χ1v) is 7.66. The lowest BCUT2D eigenvalue weighted by molar-refractivity contribution is 0.102. The van der Waals surface area contributed by atoms with Gasteiger partial charge in [0.2, 0.25) is 0 Å². The summed E-state index contributed by atoms with van der Waals surface area (Å²) in [6.45, 7) is 2.60. The third-order valence-electron chi connectivity index (χ3n) is 2.90. The van der Waals surface area contributed by atoms with E-state index in [1.807, 2.05) is 6.92 Å². The van der Waals surface area contributed by atoms with Crippen LogP contribution in [0.2, 0.25) is 5.02 Å². The van der Waals surface area contributed by atoms with Crippen LogP contribution in [0.15, 0.2) is 45.8 Å². The second-order valence-electron chi connectivity index (χ2n) is 4.50. The summed E-state index contributed by atoms with van der Waals surface area (Å²) in [5.41, 5.74) is 0.846. The van der Waals surface area contributed by atoms with E-state index in [1.54, 1.807) is 35.0 Å². The van der Waals surface area contributed by atoms with Crippen molar-refractivity contribution < 1.29 is 4.79 Å². The number of nitrogens with zero attached hydrogens (tertiary/aromatic N) is 1. The quantitative estimate of drug-likeness (QED) is 0.888. The first-order chi connectivity index (χ1) is 10.0. The number of hydrogen-bond acceptors (Lipinski definition) is 2. The number of carbonyl (C=O) groups excluding carboxylic acids is 1. The molecule has 0 bridgehead atoms. The van der Waals surface area contributed by atoms with Gasteiger partial charge in [0, 0.05) is 23.3 Å². The Morgan fingerprint density at radius 1 is 1.33 bits per heavy atom. The first kappa shape index (κ1) is 15.8. The Hall–Kier alpha value is -1.59. The highest BCUT2D eigenvalue weighted by atomic mass is 79.9. The van der Waals surface area contributed by atoms with Gasteiger partial charge < -0.3 is 9.88 Å². The van der Waals surface area contributed by atoms with E-state index in [1.165, 1.54) is 6.07 Å². The van der Waals surface area contributed by atoms with Gasteiger partial charge in [-0.05, 0) is 40.5 Å². The highest BCUT2D eigenvalue weighted by molar-refractivity contribution is 9.10. The fraction of sp³-hybridized carbons (Fsp3) is 0.200. The lowest BCUT2D eigenvalue weighted by atomic mass is 10.2. The normalized spacial score (nSPS) is 10.4. The minimum absolute atomic E-state index is 0.0877. The molecule has 0 saturated heterocycles. The van der Waals surface area contributed by atoms with Gasteiger partial charge in [-0.2, -0.15) is 0 Å². The van der Waals surface area contributed by atoms with Gasteiger partial charge in [-0.25, -0.2) is 0 Å². The van der Waals surface area contributed by atoms with Crippen LogP contribution in [0.4, 0.5) is 5.69 Å². The SMILES string of the molecule is CCCn1cc(NC(=O)c2cccc(Br)c2Cl)ccc1=O. The van der Waals surface area contributed by atoms with Crippen LogP contribution in [0.1, 0.15) is 23.7 Å². The highest BCUT2D eigenvalue weighted by Gasteiger charge is 2.12. The second kappa shape index (κ2) is 6.91. The summed E-state index contributed by atoms with van der Waals surface area (Å²) < 4.78 is 2.23. The molecule has 0 unspecified atom stereocenters. The summed E-state index contributed by atoms with van der Waals surface area (Å²) in [5.74, 6) is -0.317. The van der Waals surface area contributed by atoms with Gasteiger partial charge in [-0.15, -0.1) is 0 Å². The summed E-state index contributed by atoms with van der Waals surface area (Å²) in [6, 6.07) is 8.17. The molecule has 0 fully saturated rings. The number of anilines is 1. The summed E-state index contributed by atoms with van der Waals surface area (Å²) >= 11 is 9.38. The molecular weight excluding hydrogens is 356 g/mol. The number of benzene rings is 1. The van der Waals surface area contributed by atoms with Crippen molar-refractivity contribution in [1.82, 2.24) is 4.57 Å². The predicted molar refractivity (Wildman–Crippen MR) is 88.1 cm³/mol. The van der Waals surface area contributed by atoms with E-state index in [9.17, 15) is 9.59 Å². The van der Waals surface area contributed by atoms with E-state index in [0.717, 1.165) is 6.42 Å². The number of nitrogens with one attached hydrogen (secondary N) is 1. The standard InChI is InChI=1S/C15H14BrClN2O2/c1-2-8-19-9-10(6-7-13(19)20)18-15(21)11-4-3-5-12(16)14(11)17/h3-7,9H,2,8H2,1H3,(H,18,21). The van der Waals surface area contributed by atoms with Crippen LogP contribution < -0.4 is 10.9 Å². The molecule has 0 aliphatic rings. The van der Waals surface area contributed by atoms with Gasteiger partial charge in [0.05, 0.1) is 16.3 Å². The Labute approximate surface area is 135 Å². The summed E-state index contributed by atoms with van der Waals surface area (Å²) in [7, 11) is 0. The van der Waals surface area contributed by atoms with E-state index in [2.05, 4.69) is 21.2 Å². The molecule has 1 amide bonds. The van der Waals surface area contributed by atoms with Crippen molar-refractivity contribution in [2.75, 3.05) is 5.32 Å². The van der Waals surface area contributed by atoms with Crippen LogP contribution in [0, 0.1) is 0 Å². The maximum absolute atomic E-state index is 12.2. The topological polar surface area (TPSA) is 51.1 Å². The largest absolute Gasteiger partial charge is 0.321 e. The van der Waals surface area contributed by atoms with E-state index in [-0.39, 0.29) is 11.5 Å². The number of halogens is 2. The van der Waals surface area contributed by atoms with Crippen LogP contribution in [0.25, 0.3) is 0 Å². The Morgan fingerprint density at radius 3 is 2.81 bits per heavy atom. The fourth-order valence-corrected chi connectivity index (χ4v) is 2.48. The summed E-state index contributed by atoms with van der Waals surface area (Å²) in [5, 5.41) is 3.11. The van der Waals surface area contributed by atoms with Crippen molar-refractivity contribution >= 4 is 39.1 Å². The minimum atomic E-state index is -0.317. The van der Waals surface area contributed by atoms with Gasteiger partial charge in [-0.3, -0.25) is 9.59 Å². The maximum Gasteiger partial charge on any atom is 0.257 e. The molecule has 1 heterocycles. The van der Waals surface area contributed by atoms with E-state index >= 15 is 0 Å². The van der Waals surface area contributed by atoms with Crippen molar-refractivity contribution in [3.05, 3.63) is 61.9 Å². The van der Waals surface area contributed by atoms with Crippen molar-refractivity contribution in [1.29, 1.82) is 0 Å². The molecule has 21 heavy (non-hydrogen) atoms. The zero-order valence-corrected chi connectivity index (χ0v) is 13.7. The molecule has 0 atom stereocenters. The van der Waals surface area contributed by atoms with E-state index < -0.39 is 0 Å². The number of hydrogen-bond donors (Lipinski definition) is 1. The molecule has 1 aromatic heterocycles. The molecule has 0 radical (unpaired) electrons. The van der Waals surface area contributed by atoms with E-state index in [4.69, 9.17) is 11.6 Å². The molecule has 1 aromatic carbocycles. The van der Waals surface area contributed by atoms with Crippen LogP contribution in [0.5, 0.6) is 0 Å². The number of carbonyl (C=O) groups is 1. The zero-order chi connectivity index (χ0) is 15.4. The van der Waals surface area contributed by atoms with Gasteiger partial charge in [0.25, 0.3) is 11.5 Å². The minimum Gasteiger partial charge on any atom is -0.321 e. The monoisotopic (exact) mass is 368 g/mol. The number of rotatable bonds is 4. The second-order valence-corrected chi connectivity index (χ2v) is 5.74. The molecule has 1 N–H and O–H groups in total. The van der Waals surface area contributed by atoms with Crippen molar-refractivity contribution in [3.63, 3.8) is 0 Å². The molecular formula is C15H14BrClN2O2. The van der Waals surface area contributed by atoms with Gasteiger partial charge in [0.1, 0.15) is 0 Å². The lowest BCUT2D eigenvalue weighted by Gasteiger charge is -2.10. The van der Waals surface area contributed by atoms with Gasteiger partial charge >= 0.3 is 0 Å². The van der Waals surface area contributed by atoms with Crippen molar-refractivity contribution in [3.8, 4) is 0 Å². The first-order valence-electron chi connectivity index (χ1n) is 6.48. The average molecular weight is 370 g/mol. The molecule has 2 rings (SSSR count). The predicted octanol–water partition coefficient (Wildman–Crippen LogP) is 3.93. The van der Waals surface area contributed by atoms with Crippen LogP contribution in [-0.4, -0.2) is 10.5 Å². The van der Waals surface area contributed by atoms with Crippen molar-refractivity contribution in [2.24, 2.45) is 0 Å². The van der Waals surface area contributed by atoms with Crippen LogP contribution >= 0.6 is 27.5 Å². The highest BCUT2D eigenvalue weighted by Crippen LogP contribution is 2.26. The van der Waals surface area contributed by atoms with E-state index in [0.29, 0.717) is 27.3 Å². The molecule has 0 aliphatic heterocycles. The van der Waals surface area contributed by atoms with Gasteiger partial charge in [0.15, 0.2) is 0 Å². The molecule has 110 valence electrons. The Kier molecular flexibility index (Phi) is 5.20. The lowest BCUT2D eigenvalue weighted by Crippen LogP contribution is -2.20.